The van der Waals surface area contributed by atoms with Crippen molar-refractivity contribution in [3.63, 3.8) is 0 Å². The highest BCUT2D eigenvalue weighted by atomic mass is 32.2. The number of para-hydroxylation sites is 2. The maximum atomic E-state index is 12.7. The van der Waals surface area contributed by atoms with Crippen LogP contribution in [0.3, 0.4) is 0 Å². The molecule has 0 aliphatic heterocycles. The number of sulfonamides is 1. The van der Waals surface area contributed by atoms with Crippen LogP contribution in [0.1, 0.15) is 25.5 Å². The molecule has 3 aromatic carbocycles. The predicted molar refractivity (Wildman–Crippen MR) is 123 cm³/mol. The molecule has 0 unspecified atom stereocenters. The average Bonchev–Trinajstić information content (AvgIpc) is 2.80. The fraction of sp³-hybridized carbons (Fsp3) is 0.208. The van der Waals surface area contributed by atoms with Crippen molar-refractivity contribution in [2.75, 3.05) is 18.5 Å². The SMILES string of the molecule is CCOc1ccccc1NC(=O)COc1ccc(S(=O)(=O)N[C@@H](C)c2ccccc2)cc1. The molecular formula is C24H26N2O5S. The Balaban J connectivity index is 1.57. The standard InChI is InChI=1S/C24H26N2O5S/c1-3-30-23-12-8-7-11-22(23)25-24(27)17-31-20-13-15-21(16-14-20)32(28,29)26-18(2)19-9-5-4-6-10-19/h4-16,18,26H,3,17H2,1-2H3,(H,25,27)/t18-/m0/s1. The third-order valence-electron chi connectivity index (χ3n) is 4.60. The van der Waals surface area contributed by atoms with Crippen molar-refractivity contribution in [3.8, 4) is 11.5 Å². The molecule has 7 nitrogen and oxygen atoms in total. The van der Waals surface area contributed by atoms with E-state index >= 15 is 0 Å². The van der Waals surface area contributed by atoms with E-state index in [1.807, 2.05) is 43.3 Å². The lowest BCUT2D eigenvalue weighted by atomic mass is 10.1. The Bertz CT molecular complexity index is 1130. The van der Waals surface area contributed by atoms with E-state index in [0.29, 0.717) is 23.8 Å². The van der Waals surface area contributed by atoms with Crippen LogP contribution in [0.15, 0.2) is 83.8 Å². The highest BCUT2D eigenvalue weighted by Crippen LogP contribution is 2.24. The highest BCUT2D eigenvalue weighted by Gasteiger charge is 2.18. The van der Waals surface area contributed by atoms with Gasteiger partial charge in [0.15, 0.2) is 6.61 Å². The lowest BCUT2D eigenvalue weighted by Gasteiger charge is -2.15. The smallest absolute Gasteiger partial charge is 0.262 e. The number of rotatable bonds is 10. The summed E-state index contributed by atoms with van der Waals surface area (Å²) in [5, 5.41) is 2.74. The molecule has 168 valence electrons. The van der Waals surface area contributed by atoms with Crippen LogP contribution in [0.5, 0.6) is 11.5 Å². The molecular weight excluding hydrogens is 428 g/mol. The van der Waals surface area contributed by atoms with E-state index in [2.05, 4.69) is 10.0 Å². The van der Waals surface area contributed by atoms with Gasteiger partial charge in [0.25, 0.3) is 5.91 Å². The van der Waals surface area contributed by atoms with Crippen LogP contribution in [0, 0.1) is 0 Å². The monoisotopic (exact) mass is 454 g/mol. The Labute approximate surface area is 188 Å². The Morgan fingerprint density at radius 2 is 1.56 bits per heavy atom. The van der Waals surface area contributed by atoms with E-state index in [9.17, 15) is 13.2 Å². The minimum Gasteiger partial charge on any atom is -0.492 e. The van der Waals surface area contributed by atoms with Crippen LogP contribution >= 0.6 is 0 Å². The van der Waals surface area contributed by atoms with Crippen LogP contribution in [0.2, 0.25) is 0 Å². The number of anilines is 1. The zero-order chi connectivity index (χ0) is 23.0. The van der Waals surface area contributed by atoms with Crippen LogP contribution in [-0.4, -0.2) is 27.5 Å². The lowest BCUT2D eigenvalue weighted by Crippen LogP contribution is -2.26. The van der Waals surface area contributed by atoms with Crippen molar-refractivity contribution < 1.29 is 22.7 Å². The van der Waals surface area contributed by atoms with Crippen LogP contribution in [0.25, 0.3) is 0 Å². The van der Waals surface area contributed by atoms with Crippen molar-refractivity contribution in [1.29, 1.82) is 0 Å². The van der Waals surface area contributed by atoms with Gasteiger partial charge in [0.1, 0.15) is 11.5 Å². The van der Waals surface area contributed by atoms with Crippen LogP contribution in [0.4, 0.5) is 5.69 Å². The molecule has 8 heteroatoms. The van der Waals surface area contributed by atoms with E-state index in [-0.39, 0.29) is 23.5 Å². The Kier molecular flexibility index (Phi) is 7.86. The molecule has 0 saturated heterocycles. The first kappa shape index (κ1) is 23.3. The number of benzene rings is 3. The van der Waals surface area contributed by atoms with E-state index in [0.717, 1.165) is 5.56 Å². The minimum absolute atomic E-state index is 0.114. The number of nitrogens with one attached hydrogen (secondary N) is 2. The number of ether oxygens (including phenoxy) is 2. The zero-order valence-corrected chi connectivity index (χ0v) is 18.8. The predicted octanol–water partition coefficient (Wildman–Crippen LogP) is 4.14. The molecule has 3 aromatic rings. The first-order valence-corrected chi connectivity index (χ1v) is 11.7. The number of hydrogen-bond donors (Lipinski definition) is 2. The maximum Gasteiger partial charge on any atom is 0.262 e. The van der Waals surface area contributed by atoms with Gasteiger partial charge in [-0.2, -0.15) is 0 Å². The fourth-order valence-electron chi connectivity index (χ4n) is 3.01. The molecule has 2 N–H and O–H groups in total. The minimum atomic E-state index is -3.71. The van der Waals surface area contributed by atoms with E-state index in [1.54, 1.807) is 25.1 Å². The fourth-order valence-corrected chi connectivity index (χ4v) is 4.24. The molecule has 32 heavy (non-hydrogen) atoms. The Morgan fingerprint density at radius 1 is 0.906 bits per heavy atom. The second kappa shape index (κ2) is 10.8. The van der Waals surface area contributed by atoms with Crippen molar-refractivity contribution in [3.05, 3.63) is 84.4 Å². The molecule has 3 rings (SSSR count). The highest BCUT2D eigenvalue weighted by molar-refractivity contribution is 7.89. The quantitative estimate of drug-likeness (QED) is 0.480. The summed E-state index contributed by atoms with van der Waals surface area (Å²) in [4.78, 5) is 12.3. The summed E-state index contributed by atoms with van der Waals surface area (Å²) in [7, 11) is -3.71. The summed E-state index contributed by atoms with van der Waals surface area (Å²) < 4.78 is 38.9. The van der Waals surface area contributed by atoms with Gasteiger partial charge >= 0.3 is 0 Å². The van der Waals surface area contributed by atoms with Gasteiger partial charge in [-0.15, -0.1) is 0 Å². The number of hydrogen-bond acceptors (Lipinski definition) is 5. The normalized spacial score (nSPS) is 12.1. The maximum absolute atomic E-state index is 12.7. The average molecular weight is 455 g/mol. The number of carbonyl (C=O) groups is 1. The number of amides is 1. The molecule has 0 aliphatic carbocycles. The molecule has 0 aromatic heterocycles. The second-order valence-corrected chi connectivity index (χ2v) is 8.71. The molecule has 1 amide bonds. The molecule has 0 saturated carbocycles. The lowest BCUT2D eigenvalue weighted by molar-refractivity contribution is -0.118. The topological polar surface area (TPSA) is 93.7 Å². The summed E-state index contributed by atoms with van der Waals surface area (Å²) >= 11 is 0. The van der Waals surface area contributed by atoms with E-state index in [1.165, 1.54) is 24.3 Å². The molecule has 1 atom stereocenters. The summed E-state index contributed by atoms with van der Waals surface area (Å²) in [6.07, 6.45) is 0. The van der Waals surface area contributed by atoms with Crippen molar-refractivity contribution >= 4 is 21.6 Å². The van der Waals surface area contributed by atoms with Gasteiger partial charge in [-0.3, -0.25) is 4.79 Å². The molecule has 0 heterocycles. The van der Waals surface area contributed by atoms with Gasteiger partial charge in [0, 0.05) is 6.04 Å². The van der Waals surface area contributed by atoms with Gasteiger partial charge in [-0.1, -0.05) is 42.5 Å². The molecule has 0 bridgehead atoms. The van der Waals surface area contributed by atoms with Gasteiger partial charge < -0.3 is 14.8 Å². The summed E-state index contributed by atoms with van der Waals surface area (Å²) in [5.74, 6) is 0.607. The van der Waals surface area contributed by atoms with Crippen LogP contribution < -0.4 is 19.5 Å². The van der Waals surface area contributed by atoms with Gasteiger partial charge in [-0.25, -0.2) is 13.1 Å². The summed E-state index contributed by atoms with van der Waals surface area (Å²) in [6, 6.07) is 22.0. The van der Waals surface area contributed by atoms with Gasteiger partial charge in [0.2, 0.25) is 10.0 Å². The first-order chi connectivity index (χ1) is 15.4. The third kappa shape index (κ3) is 6.32. The van der Waals surface area contributed by atoms with E-state index < -0.39 is 10.0 Å². The van der Waals surface area contributed by atoms with Gasteiger partial charge in [-0.05, 0) is 55.8 Å². The zero-order valence-electron chi connectivity index (χ0n) is 17.9. The number of carbonyl (C=O) groups excluding carboxylic acids is 1. The molecule has 0 radical (unpaired) electrons. The van der Waals surface area contributed by atoms with Gasteiger partial charge in [0.05, 0.1) is 17.2 Å². The Hall–Kier alpha value is -3.36. The Morgan fingerprint density at radius 3 is 2.25 bits per heavy atom. The van der Waals surface area contributed by atoms with Crippen molar-refractivity contribution in [2.24, 2.45) is 0 Å². The molecule has 0 aliphatic rings. The summed E-state index contributed by atoms with van der Waals surface area (Å²) in [5.41, 5.74) is 1.43. The molecule has 0 spiro atoms. The summed E-state index contributed by atoms with van der Waals surface area (Å²) in [6.45, 7) is 3.91. The van der Waals surface area contributed by atoms with Crippen molar-refractivity contribution in [2.45, 2.75) is 24.8 Å². The molecule has 0 fully saturated rings. The third-order valence-corrected chi connectivity index (χ3v) is 6.15. The second-order valence-electron chi connectivity index (χ2n) is 6.99. The van der Waals surface area contributed by atoms with Crippen molar-refractivity contribution in [1.82, 2.24) is 4.72 Å². The van der Waals surface area contributed by atoms with Crippen LogP contribution in [-0.2, 0) is 14.8 Å². The largest absolute Gasteiger partial charge is 0.492 e. The first-order valence-electron chi connectivity index (χ1n) is 10.2. The van der Waals surface area contributed by atoms with E-state index in [4.69, 9.17) is 9.47 Å².